The molecule has 0 spiro atoms. The Balaban J connectivity index is 3.87. The molecule has 2 unspecified atom stereocenters. The fourth-order valence-electron chi connectivity index (χ4n) is 0.982. The number of aldehydes is 1. The highest BCUT2D eigenvalue weighted by Crippen LogP contribution is 1.98. The van der Waals surface area contributed by atoms with E-state index in [9.17, 15) is 15.0 Å². The van der Waals surface area contributed by atoms with E-state index in [0.717, 1.165) is 0 Å². The van der Waals surface area contributed by atoms with E-state index in [4.69, 9.17) is 4.74 Å². The lowest BCUT2D eigenvalue weighted by Gasteiger charge is -2.22. The molecule has 0 aromatic carbocycles. The van der Waals surface area contributed by atoms with Gasteiger partial charge in [-0.25, -0.2) is 0 Å². The summed E-state index contributed by atoms with van der Waals surface area (Å²) in [5.74, 6) is 0. The van der Waals surface area contributed by atoms with Crippen molar-refractivity contribution in [2.75, 3.05) is 6.61 Å². The number of hydrogen-bond acceptors (Lipinski definition) is 5. The molecule has 15 heavy (non-hydrogen) atoms. The van der Waals surface area contributed by atoms with Gasteiger partial charge in [-0.05, 0) is 13.8 Å². The third-order valence-corrected chi connectivity index (χ3v) is 1.88. The molecule has 88 valence electrons. The highest BCUT2D eigenvalue weighted by atomic mass is 16.6. The Morgan fingerprint density at radius 3 is 2.60 bits per heavy atom. The van der Waals surface area contributed by atoms with Crippen LogP contribution in [0.2, 0.25) is 0 Å². The van der Waals surface area contributed by atoms with Gasteiger partial charge >= 0.3 is 0 Å². The molecule has 0 aliphatic rings. The number of ether oxygens (including phenoxy) is 1. The van der Waals surface area contributed by atoms with Crippen LogP contribution in [0.5, 0.6) is 0 Å². The van der Waals surface area contributed by atoms with Crippen LogP contribution in [-0.4, -0.2) is 41.7 Å². The lowest BCUT2D eigenvalue weighted by molar-refractivity contribution is -0.126. The quantitative estimate of drug-likeness (QED) is 0.298. The van der Waals surface area contributed by atoms with Gasteiger partial charge in [0.2, 0.25) is 6.41 Å². The molecular formula is C10H19NO4. The van der Waals surface area contributed by atoms with Crippen LogP contribution in [0.3, 0.4) is 0 Å². The molecule has 0 saturated heterocycles. The summed E-state index contributed by atoms with van der Waals surface area (Å²) >= 11 is 0. The van der Waals surface area contributed by atoms with Crippen LogP contribution in [0.4, 0.5) is 0 Å². The third kappa shape index (κ3) is 7.21. The molecule has 0 aliphatic heterocycles. The number of carbonyl (C=O) groups is 1. The van der Waals surface area contributed by atoms with Gasteiger partial charge in [-0.15, -0.1) is 0 Å². The first kappa shape index (κ1) is 14.2. The van der Waals surface area contributed by atoms with Gasteiger partial charge in [-0.3, -0.25) is 5.32 Å². The molecule has 0 aliphatic carbocycles. The van der Waals surface area contributed by atoms with Crippen molar-refractivity contribution < 1.29 is 19.7 Å². The van der Waals surface area contributed by atoms with E-state index < -0.39 is 18.6 Å². The van der Waals surface area contributed by atoms with Gasteiger partial charge in [0.25, 0.3) is 0 Å². The number of rotatable bonds is 8. The molecule has 0 aromatic heterocycles. The Hall–Kier alpha value is -0.750. The average molecular weight is 217 g/mol. The van der Waals surface area contributed by atoms with Crippen LogP contribution in [-0.2, 0) is 9.53 Å². The summed E-state index contributed by atoms with van der Waals surface area (Å²) in [6.07, 6.45) is 2.44. The Kier molecular flexibility index (Phi) is 8.12. The molecule has 0 heterocycles. The summed E-state index contributed by atoms with van der Waals surface area (Å²) in [6.45, 7) is 3.66. The first-order chi connectivity index (χ1) is 7.11. The fourth-order valence-corrected chi connectivity index (χ4v) is 0.982. The molecular weight excluding hydrogens is 198 g/mol. The van der Waals surface area contributed by atoms with E-state index in [0.29, 0.717) is 6.29 Å². The number of aliphatic hydroxyl groups excluding tert-OH is 2. The average Bonchev–Trinajstić information content (AvgIpc) is 2.17. The monoisotopic (exact) mass is 217 g/mol. The lowest BCUT2D eigenvalue weighted by atomic mass is 10.1. The maximum absolute atomic E-state index is 10.3. The maximum Gasteiger partial charge on any atom is 0.214 e. The number of aliphatic hydroxyl groups is 2. The minimum Gasteiger partial charge on any atom is -0.392 e. The second-order valence-electron chi connectivity index (χ2n) is 3.17. The second-order valence-corrected chi connectivity index (χ2v) is 3.17. The van der Waals surface area contributed by atoms with Gasteiger partial charge < -0.3 is 19.7 Å². The van der Waals surface area contributed by atoms with Gasteiger partial charge in [0.15, 0.2) is 0 Å². The molecule has 0 fully saturated rings. The molecule has 3 atom stereocenters. The second kappa shape index (κ2) is 8.55. The largest absolute Gasteiger partial charge is 0.392 e. The van der Waals surface area contributed by atoms with Crippen molar-refractivity contribution in [3.63, 3.8) is 0 Å². The molecule has 5 heteroatoms. The van der Waals surface area contributed by atoms with E-state index in [1.165, 1.54) is 0 Å². The van der Waals surface area contributed by atoms with Gasteiger partial charge in [0, 0.05) is 12.5 Å². The number of carbonyl (C=O) groups excluding carboxylic acids is 1. The Bertz CT molecular complexity index is 194. The molecule has 0 saturated carbocycles. The Labute approximate surface area is 89.7 Å². The van der Waals surface area contributed by atoms with Crippen molar-refractivity contribution in [1.82, 2.24) is 5.32 Å². The van der Waals surface area contributed by atoms with Gasteiger partial charge in [0.1, 0.15) is 6.29 Å². The molecule has 3 N–H and O–H groups in total. The van der Waals surface area contributed by atoms with Crippen molar-refractivity contribution >= 4 is 6.29 Å². The summed E-state index contributed by atoms with van der Waals surface area (Å²) in [6, 6.07) is -0.497. The lowest BCUT2D eigenvalue weighted by Crippen LogP contribution is -2.45. The molecule has 0 aromatic rings. The van der Waals surface area contributed by atoms with Crippen molar-refractivity contribution in [3.05, 3.63) is 12.2 Å². The summed E-state index contributed by atoms with van der Waals surface area (Å²) in [5, 5.41) is 21.2. The zero-order valence-corrected chi connectivity index (χ0v) is 9.09. The summed E-state index contributed by atoms with van der Waals surface area (Å²) < 4.78 is 4.94. The van der Waals surface area contributed by atoms with E-state index >= 15 is 0 Å². The summed E-state index contributed by atoms with van der Waals surface area (Å²) in [7, 11) is 0. The number of hydrogen-bond donors (Lipinski definition) is 3. The predicted octanol–water partition coefficient (Wildman–Crippen LogP) is -0.217. The molecule has 0 radical (unpaired) electrons. The van der Waals surface area contributed by atoms with Gasteiger partial charge in [-0.1, -0.05) is 12.2 Å². The first-order valence-electron chi connectivity index (χ1n) is 4.90. The smallest absolute Gasteiger partial charge is 0.214 e. The highest BCUT2D eigenvalue weighted by Gasteiger charge is 2.17. The van der Waals surface area contributed by atoms with E-state index in [2.05, 4.69) is 5.32 Å². The van der Waals surface area contributed by atoms with Crippen LogP contribution in [0, 0.1) is 0 Å². The van der Waals surface area contributed by atoms with Gasteiger partial charge in [0.05, 0.1) is 12.7 Å². The van der Waals surface area contributed by atoms with E-state index in [-0.39, 0.29) is 13.0 Å². The summed E-state index contributed by atoms with van der Waals surface area (Å²) in [5.41, 5.74) is 0. The predicted molar refractivity (Wildman–Crippen MR) is 56.1 cm³/mol. The van der Waals surface area contributed by atoms with E-state index in [1.54, 1.807) is 19.1 Å². The highest BCUT2D eigenvalue weighted by molar-refractivity contribution is 5.50. The molecule has 0 rings (SSSR count). The fraction of sp³-hybridized carbons (Fsp3) is 0.700. The minimum atomic E-state index is -1.18. The SMILES string of the molecule is C/C=C/COC(O)N[C@H](CC=O)C(C)O. The standard InChI is InChI=1S/C10H19NO4/c1-3-4-7-15-10(14)11-9(5-6-12)8(2)13/h3-4,6,8-11,13-14H,5,7H2,1-2H3/b4-3+/t8?,9-,10?/m1/s1. The maximum atomic E-state index is 10.3. The molecule has 0 bridgehead atoms. The summed E-state index contributed by atoms with van der Waals surface area (Å²) in [4.78, 5) is 10.3. The van der Waals surface area contributed by atoms with Crippen molar-refractivity contribution in [3.8, 4) is 0 Å². The number of nitrogens with one attached hydrogen (secondary N) is 1. The topological polar surface area (TPSA) is 78.8 Å². The molecule has 5 nitrogen and oxygen atoms in total. The Morgan fingerprint density at radius 1 is 1.47 bits per heavy atom. The van der Waals surface area contributed by atoms with Crippen LogP contribution in [0.25, 0.3) is 0 Å². The minimum absolute atomic E-state index is 0.127. The Morgan fingerprint density at radius 2 is 2.13 bits per heavy atom. The number of allylic oxidation sites excluding steroid dienone is 1. The van der Waals surface area contributed by atoms with Crippen LogP contribution >= 0.6 is 0 Å². The zero-order chi connectivity index (χ0) is 11.7. The zero-order valence-electron chi connectivity index (χ0n) is 9.09. The van der Waals surface area contributed by atoms with Crippen LogP contribution in [0.15, 0.2) is 12.2 Å². The van der Waals surface area contributed by atoms with Crippen LogP contribution in [0.1, 0.15) is 20.3 Å². The van der Waals surface area contributed by atoms with Crippen molar-refractivity contribution in [2.24, 2.45) is 0 Å². The normalized spacial score (nSPS) is 17.6. The van der Waals surface area contributed by atoms with E-state index in [1.807, 2.05) is 6.92 Å². The first-order valence-corrected chi connectivity index (χ1v) is 4.90. The third-order valence-electron chi connectivity index (χ3n) is 1.88. The van der Waals surface area contributed by atoms with Crippen LogP contribution < -0.4 is 5.32 Å². The molecule has 0 amide bonds. The van der Waals surface area contributed by atoms with Crippen molar-refractivity contribution in [2.45, 2.75) is 38.8 Å². The van der Waals surface area contributed by atoms with Gasteiger partial charge in [-0.2, -0.15) is 0 Å². The van der Waals surface area contributed by atoms with Crippen molar-refractivity contribution in [1.29, 1.82) is 0 Å².